The average Bonchev–Trinajstić information content (AvgIpc) is 0.743. The van der Waals surface area contributed by atoms with Crippen molar-refractivity contribution in [2.24, 2.45) is 0 Å². The smallest absolute Gasteiger partial charge is 0.268 e. The molecule has 0 atom stereocenters. The molecule has 14 rings (SSSR count). The molecule has 0 saturated heterocycles. The van der Waals surface area contributed by atoms with Crippen LogP contribution in [0.5, 0.6) is 11.5 Å². The van der Waals surface area contributed by atoms with Crippen molar-refractivity contribution in [2.45, 2.75) is 103 Å². The maximum atomic E-state index is 10.5. The van der Waals surface area contributed by atoms with Crippen molar-refractivity contribution in [1.29, 1.82) is 0 Å². The van der Waals surface area contributed by atoms with Crippen molar-refractivity contribution < 1.29 is 63.3 Å². The molecule has 2 aliphatic rings. The van der Waals surface area contributed by atoms with Gasteiger partial charge in [-0.05, 0) is 148 Å². The van der Waals surface area contributed by atoms with E-state index in [2.05, 4.69) is 39.2 Å². The molecule has 5 nitrogen and oxygen atoms in total. The molecular weight excluding hydrogens is 1180 g/mol. The second kappa shape index (κ2) is 19.5. The Balaban J connectivity index is 0.00000995. The van der Waals surface area contributed by atoms with Crippen molar-refractivity contribution in [3.63, 3.8) is 0 Å². The predicted molar refractivity (Wildman–Crippen MR) is 333 cm³/mol. The van der Waals surface area contributed by atoms with Gasteiger partial charge in [0.2, 0.25) is 0 Å². The van der Waals surface area contributed by atoms with Crippen molar-refractivity contribution in [3.05, 3.63) is 235 Å². The molecule has 82 heavy (non-hydrogen) atoms. The van der Waals surface area contributed by atoms with E-state index < -0.39 is 121 Å². The zero-order valence-electron chi connectivity index (χ0n) is 69.4. The summed E-state index contributed by atoms with van der Waals surface area (Å²) in [6.45, 7) is -4.93. The number of imidazole rings is 1. The van der Waals surface area contributed by atoms with E-state index in [9.17, 15) is 12.3 Å². The topological polar surface area (TPSA) is 35.9 Å². The minimum Gasteiger partial charge on any atom is -0.510 e. The van der Waals surface area contributed by atoms with Gasteiger partial charge in [0, 0.05) is 66.2 Å². The van der Waals surface area contributed by atoms with E-state index in [1.54, 1.807) is 76.0 Å². The molecule has 3 aromatic heterocycles. The summed E-state index contributed by atoms with van der Waals surface area (Å²) in [6.07, 6.45) is -3.78. The number of hydrogen-bond acceptors (Lipinski definition) is 2. The number of nitrogens with zero attached hydrogens (tertiary/aromatic N) is 4. The molecule has 0 amide bonds. The third-order valence-corrected chi connectivity index (χ3v) is 15.3. The minimum absolute atomic E-state index is 0. The van der Waals surface area contributed by atoms with Crippen molar-refractivity contribution in [2.75, 3.05) is 0 Å². The number of hydrogen-bond donors (Lipinski definition) is 0. The number of pyridine rings is 1. The quantitative estimate of drug-likeness (QED) is 0.123. The summed E-state index contributed by atoms with van der Waals surface area (Å²) in [7, 11) is 0. The summed E-state index contributed by atoms with van der Waals surface area (Å²) >= 11 is 0. The van der Waals surface area contributed by atoms with Gasteiger partial charge in [-0.25, -0.2) is 4.98 Å². The van der Waals surface area contributed by atoms with Gasteiger partial charge in [-0.2, -0.15) is 18.2 Å². The number of fused-ring (bicyclic) bond motifs is 11. The summed E-state index contributed by atoms with van der Waals surface area (Å²) in [5.41, 5.74) is -7.44. The molecule has 12 aromatic rings. The van der Waals surface area contributed by atoms with Crippen molar-refractivity contribution in [1.82, 2.24) is 14.1 Å². The monoisotopic (exact) mass is 1270 g/mol. The third-order valence-electron chi connectivity index (χ3n) is 15.3. The predicted octanol–water partition coefficient (Wildman–Crippen LogP) is 19.2. The van der Waals surface area contributed by atoms with Crippen LogP contribution in [0.25, 0.3) is 106 Å². The molecule has 1 aliphatic heterocycles. The summed E-state index contributed by atoms with van der Waals surface area (Å²) in [5.74, 6) is 1.07. The van der Waals surface area contributed by atoms with Crippen LogP contribution < -0.4 is 9.30 Å². The molecule has 6 heteroatoms. The number of benzene rings is 9. The van der Waals surface area contributed by atoms with Crippen LogP contribution in [0.3, 0.4) is 0 Å². The van der Waals surface area contributed by atoms with Gasteiger partial charge in [-0.15, -0.1) is 29.7 Å². The Hall–Kier alpha value is -8.11. The molecule has 0 unspecified atom stereocenters. The van der Waals surface area contributed by atoms with Crippen molar-refractivity contribution >= 4 is 32.8 Å². The molecule has 1 aliphatic carbocycles. The van der Waals surface area contributed by atoms with Crippen molar-refractivity contribution in [3.8, 4) is 84.3 Å². The van der Waals surface area contributed by atoms with Gasteiger partial charge < -0.3 is 13.9 Å². The van der Waals surface area contributed by atoms with Gasteiger partial charge >= 0.3 is 0 Å². The van der Waals surface area contributed by atoms with Gasteiger partial charge in [0.15, 0.2) is 0 Å². The first kappa shape index (κ1) is 32.5. The van der Waals surface area contributed by atoms with E-state index in [1.807, 2.05) is 92.1 Å². The first-order valence-electron chi connectivity index (χ1n) is 38.6. The van der Waals surface area contributed by atoms with E-state index in [1.165, 1.54) is 12.1 Å². The Kier molecular flexibility index (Phi) is 7.74. The number of rotatable bonds is 6. The first-order chi connectivity index (χ1) is 48.8. The fourth-order valence-electron chi connectivity index (χ4n) is 11.5. The molecule has 9 aromatic carbocycles. The fraction of sp³-hybridized carbons (Fsp3) is 0.211. The van der Waals surface area contributed by atoms with Gasteiger partial charge in [0.25, 0.3) is 6.33 Å². The summed E-state index contributed by atoms with van der Waals surface area (Å²) in [4.78, 5) is 4.83. The Morgan fingerprint density at radius 1 is 0.598 bits per heavy atom. The fourth-order valence-corrected chi connectivity index (χ4v) is 11.5. The van der Waals surface area contributed by atoms with Gasteiger partial charge in [0.1, 0.15) is 5.82 Å². The van der Waals surface area contributed by atoms with Crippen LogP contribution in [0.15, 0.2) is 194 Å². The minimum atomic E-state index is -4.60. The largest absolute Gasteiger partial charge is 0.510 e. The molecule has 0 spiro atoms. The average molecular weight is 1270 g/mol. The number of aromatic nitrogens is 4. The SMILES string of the molecule is [2H]c1c([2H])c([2H])c(-c2cccc3c2-c2ccccc2-c2cc(-c4c([2H])c([2H])c5c(c4[2H])C(C([2H])([2H])[2H])(C([2H])([2H])[2H])C([2H])([2H])C([2H])([2H])C5(C([2H])([2H])[2H])C([2H])([2H])[2H])cc4c2[n+]([c-]n4-c2[c-]c(Oc4[c-]c5c(cc4)c4ccccc4n5-c4cc(C(C)(C)C)ccn4)ccc2)-c2c-3cccc2C(C)(C)C)c([2H])c1[2H].[Pt]. The number of para-hydroxylation sites is 2. The van der Waals surface area contributed by atoms with E-state index in [0.717, 1.165) is 21.9 Å². The van der Waals surface area contributed by atoms with Crippen LogP contribution in [0.4, 0.5) is 0 Å². The Labute approximate surface area is 530 Å². The first-order valence-corrected chi connectivity index (χ1v) is 26.6. The molecule has 0 N–H and O–H groups in total. The Morgan fingerprint density at radius 3 is 2.10 bits per heavy atom. The molecule has 0 fully saturated rings. The number of ether oxygens (including phenoxy) is 1. The van der Waals surface area contributed by atoms with Gasteiger partial charge in [-0.1, -0.05) is 208 Å². The van der Waals surface area contributed by atoms with Crippen LogP contribution in [0.1, 0.15) is 137 Å². The van der Waals surface area contributed by atoms with E-state index in [4.69, 9.17) is 30.3 Å². The van der Waals surface area contributed by atoms with E-state index in [-0.39, 0.29) is 71.4 Å². The zero-order chi connectivity index (χ0) is 76.3. The van der Waals surface area contributed by atoms with Crippen LogP contribution in [-0.2, 0) is 42.7 Å². The van der Waals surface area contributed by atoms with Crippen LogP contribution in [-0.4, -0.2) is 14.1 Å². The maximum absolute atomic E-state index is 10.5. The molecule has 0 bridgehead atoms. The third kappa shape index (κ3) is 8.78. The van der Waals surface area contributed by atoms with E-state index in [0.29, 0.717) is 55.9 Å². The second-order valence-electron chi connectivity index (χ2n) is 22.7. The van der Waals surface area contributed by atoms with Gasteiger partial charge in [0.05, 0.1) is 27.7 Å². The Morgan fingerprint density at radius 2 is 1.30 bits per heavy atom. The standard InChI is InChI=1S/C76H66N4O.Pt/c1-73(2,3)51-37-40-77-69(44-51)80-66-32-17-16-26-57(66)58-35-34-54(46-67(58)80)81-53-24-18-23-52(45-53)78-47-79-71-61(30-20-31-64(71)74(4,5)6)60-29-19-28-55(48-21-12-11-13-22-48)70(60)59-27-15-14-25-56(59)62-41-50(43-68(78)72(62)79)49-33-36-63-65(42-49)76(9,10)39-38-75(63,7)8;/h11-37,40-44H,38-39H2,1-10H3;/q-2;/i7D3,8D3,9D3,10D3,11D,12D,13D,21D,22D,33D,36D,38D2,39D2,42D;. The maximum Gasteiger partial charge on any atom is 0.268 e. The molecule has 0 saturated carbocycles. The van der Waals surface area contributed by atoms with E-state index >= 15 is 0 Å². The van der Waals surface area contributed by atoms with Crippen LogP contribution in [0, 0.1) is 18.5 Å². The second-order valence-corrected chi connectivity index (χ2v) is 22.7. The molecule has 0 radical (unpaired) electrons. The summed E-state index contributed by atoms with van der Waals surface area (Å²) in [5, 5.41) is 1.80. The van der Waals surface area contributed by atoms with Gasteiger partial charge in [-0.3, -0.25) is 4.57 Å². The summed E-state index contributed by atoms with van der Waals surface area (Å²) < 4.78 is 235. The Bertz CT molecular complexity index is 5640. The van der Waals surface area contributed by atoms with Crippen LogP contribution in [0.2, 0.25) is 0 Å². The normalized spacial score (nSPS) is 20.3. The molecule has 4 heterocycles. The van der Waals surface area contributed by atoms with Crippen LogP contribution >= 0.6 is 0 Å². The molecule has 408 valence electrons. The zero-order valence-corrected chi connectivity index (χ0v) is 47.6. The summed E-state index contributed by atoms with van der Waals surface area (Å²) in [6, 6.07) is 41.1. The molecular formula is C76H66N4OPt-2.